The molecule has 2 aromatic rings. The Morgan fingerprint density at radius 1 is 0.960 bits per heavy atom. The van der Waals surface area contributed by atoms with E-state index in [1.165, 1.54) is 5.56 Å². The number of ether oxygens (including phenoxy) is 2. The predicted molar refractivity (Wildman–Crippen MR) is 100 cm³/mol. The molecule has 0 aliphatic heterocycles. The second kappa shape index (κ2) is 9.72. The number of carbonyl (C=O) groups excluding carboxylic acids is 1. The van der Waals surface area contributed by atoms with Crippen LogP contribution in [0.2, 0.25) is 0 Å². The highest BCUT2D eigenvalue weighted by Gasteiger charge is 2.13. The maximum Gasteiger partial charge on any atom is 0.220 e. The minimum Gasteiger partial charge on any atom is -0.496 e. The van der Waals surface area contributed by atoms with Gasteiger partial charge < -0.3 is 14.8 Å². The maximum atomic E-state index is 12.2. The summed E-state index contributed by atoms with van der Waals surface area (Å²) in [6.45, 7) is 2.05. The quantitative estimate of drug-likeness (QED) is 0.755. The Kier molecular flexibility index (Phi) is 7.33. The summed E-state index contributed by atoms with van der Waals surface area (Å²) in [6, 6.07) is 16.1. The number of benzene rings is 2. The highest BCUT2D eigenvalue weighted by molar-refractivity contribution is 5.76. The van der Waals surface area contributed by atoms with E-state index in [1.54, 1.807) is 14.2 Å². The zero-order valence-electron chi connectivity index (χ0n) is 15.2. The molecule has 0 heterocycles. The molecule has 0 saturated carbocycles. The third-order valence-corrected chi connectivity index (χ3v) is 4.25. The van der Waals surface area contributed by atoms with Crippen molar-refractivity contribution >= 4 is 5.91 Å². The van der Waals surface area contributed by atoms with Crippen LogP contribution in [0.1, 0.15) is 30.9 Å². The molecule has 134 valence electrons. The van der Waals surface area contributed by atoms with Gasteiger partial charge in [-0.3, -0.25) is 4.79 Å². The topological polar surface area (TPSA) is 47.6 Å². The molecular weight excluding hydrogens is 314 g/mol. The third-order valence-electron chi connectivity index (χ3n) is 4.25. The smallest absolute Gasteiger partial charge is 0.220 e. The molecule has 0 saturated heterocycles. The van der Waals surface area contributed by atoms with Gasteiger partial charge in [-0.2, -0.15) is 0 Å². The first-order chi connectivity index (χ1) is 12.1. The Bertz CT molecular complexity index is 648. The minimum atomic E-state index is 0.0496. The number of aryl methyl sites for hydroxylation is 1. The number of rotatable bonds is 9. The van der Waals surface area contributed by atoms with Crippen LogP contribution in [0.25, 0.3) is 0 Å². The van der Waals surface area contributed by atoms with Crippen LogP contribution in [0.4, 0.5) is 0 Å². The molecule has 0 fully saturated rings. The van der Waals surface area contributed by atoms with Gasteiger partial charge in [0, 0.05) is 18.0 Å². The van der Waals surface area contributed by atoms with Crippen molar-refractivity contribution < 1.29 is 14.3 Å². The van der Waals surface area contributed by atoms with Crippen molar-refractivity contribution in [2.75, 3.05) is 14.2 Å². The van der Waals surface area contributed by atoms with E-state index in [-0.39, 0.29) is 11.9 Å². The van der Waals surface area contributed by atoms with Crippen LogP contribution < -0.4 is 14.8 Å². The van der Waals surface area contributed by atoms with Gasteiger partial charge in [0.15, 0.2) is 0 Å². The van der Waals surface area contributed by atoms with E-state index in [0.29, 0.717) is 12.8 Å². The van der Waals surface area contributed by atoms with Crippen molar-refractivity contribution in [1.82, 2.24) is 5.32 Å². The fraction of sp³-hybridized carbons (Fsp3) is 0.381. The van der Waals surface area contributed by atoms with Gasteiger partial charge in [0.25, 0.3) is 0 Å². The lowest BCUT2D eigenvalue weighted by Crippen LogP contribution is -2.33. The third kappa shape index (κ3) is 5.82. The van der Waals surface area contributed by atoms with Gasteiger partial charge in [0.1, 0.15) is 11.5 Å². The molecule has 1 unspecified atom stereocenters. The fourth-order valence-corrected chi connectivity index (χ4v) is 2.86. The van der Waals surface area contributed by atoms with Crippen LogP contribution >= 0.6 is 0 Å². The van der Waals surface area contributed by atoms with E-state index < -0.39 is 0 Å². The highest BCUT2D eigenvalue weighted by Crippen LogP contribution is 2.29. The van der Waals surface area contributed by atoms with Gasteiger partial charge in [-0.15, -0.1) is 0 Å². The second-order valence-electron chi connectivity index (χ2n) is 6.13. The molecule has 0 spiro atoms. The van der Waals surface area contributed by atoms with Gasteiger partial charge in [0.2, 0.25) is 5.91 Å². The Hall–Kier alpha value is -2.49. The molecule has 1 N–H and O–H groups in total. The number of hydrogen-bond donors (Lipinski definition) is 1. The van der Waals surface area contributed by atoms with Crippen LogP contribution in [-0.2, 0) is 17.6 Å². The zero-order valence-corrected chi connectivity index (χ0v) is 15.2. The molecule has 4 nitrogen and oxygen atoms in total. The lowest BCUT2D eigenvalue weighted by atomic mass is 10.0. The second-order valence-corrected chi connectivity index (χ2v) is 6.13. The van der Waals surface area contributed by atoms with Crippen LogP contribution in [0, 0.1) is 0 Å². The molecule has 1 amide bonds. The molecule has 0 bridgehead atoms. The Morgan fingerprint density at radius 2 is 1.60 bits per heavy atom. The van der Waals surface area contributed by atoms with E-state index in [4.69, 9.17) is 9.47 Å². The summed E-state index contributed by atoms with van der Waals surface area (Å²) in [5, 5.41) is 3.07. The monoisotopic (exact) mass is 341 g/mol. The van der Waals surface area contributed by atoms with Crippen molar-refractivity contribution in [2.24, 2.45) is 0 Å². The molecule has 4 heteroatoms. The number of carbonyl (C=O) groups is 1. The summed E-state index contributed by atoms with van der Waals surface area (Å²) in [6.07, 6.45) is 2.88. The summed E-state index contributed by atoms with van der Waals surface area (Å²) in [7, 11) is 3.26. The lowest BCUT2D eigenvalue weighted by Gasteiger charge is -2.15. The SMILES string of the molecule is COc1cccc(OC)c1CCC(=O)NC(C)CCc1ccccc1. The van der Waals surface area contributed by atoms with Crippen molar-refractivity contribution in [3.63, 3.8) is 0 Å². The molecule has 25 heavy (non-hydrogen) atoms. The fourth-order valence-electron chi connectivity index (χ4n) is 2.86. The van der Waals surface area contributed by atoms with Gasteiger partial charge in [-0.1, -0.05) is 36.4 Å². The van der Waals surface area contributed by atoms with Crippen LogP contribution in [-0.4, -0.2) is 26.2 Å². The number of methoxy groups -OCH3 is 2. The average Bonchev–Trinajstić information content (AvgIpc) is 2.65. The molecule has 0 radical (unpaired) electrons. The van der Waals surface area contributed by atoms with E-state index in [9.17, 15) is 4.79 Å². The van der Waals surface area contributed by atoms with E-state index >= 15 is 0 Å². The van der Waals surface area contributed by atoms with Gasteiger partial charge >= 0.3 is 0 Å². The van der Waals surface area contributed by atoms with Gasteiger partial charge in [-0.25, -0.2) is 0 Å². The van der Waals surface area contributed by atoms with Crippen LogP contribution in [0.5, 0.6) is 11.5 Å². The van der Waals surface area contributed by atoms with Crippen molar-refractivity contribution in [1.29, 1.82) is 0 Å². The summed E-state index contributed by atoms with van der Waals surface area (Å²) in [4.78, 5) is 12.2. The van der Waals surface area contributed by atoms with E-state index in [2.05, 4.69) is 17.4 Å². The largest absolute Gasteiger partial charge is 0.496 e. The normalized spacial score (nSPS) is 11.6. The maximum absolute atomic E-state index is 12.2. The molecular formula is C21H27NO3. The van der Waals surface area contributed by atoms with Crippen LogP contribution in [0.3, 0.4) is 0 Å². The summed E-state index contributed by atoms with van der Waals surface area (Å²) >= 11 is 0. The van der Waals surface area contributed by atoms with Crippen LogP contribution in [0.15, 0.2) is 48.5 Å². The first-order valence-electron chi connectivity index (χ1n) is 8.67. The summed E-state index contributed by atoms with van der Waals surface area (Å²) in [5.41, 5.74) is 2.22. The minimum absolute atomic E-state index is 0.0496. The Labute approximate surface area is 150 Å². The number of nitrogens with one attached hydrogen (secondary N) is 1. The van der Waals surface area contributed by atoms with E-state index in [0.717, 1.165) is 29.9 Å². The van der Waals surface area contributed by atoms with Gasteiger partial charge in [0.05, 0.1) is 14.2 Å². The number of hydrogen-bond acceptors (Lipinski definition) is 3. The molecule has 0 aliphatic rings. The molecule has 2 aromatic carbocycles. The van der Waals surface area contributed by atoms with Gasteiger partial charge in [-0.05, 0) is 43.9 Å². The van der Waals surface area contributed by atoms with Crippen molar-refractivity contribution in [3.05, 3.63) is 59.7 Å². The first-order valence-corrected chi connectivity index (χ1v) is 8.67. The highest BCUT2D eigenvalue weighted by atomic mass is 16.5. The molecule has 1 atom stereocenters. The standard InChI is InChI=1S/C21H27NO3/c1-16(12-13-17-8-5-4-6-9-17)22-21(23)15-14-18-19(24-2)10-7-11-20(18)25-3/h4-11,16H,12-15H2,1-3H3,(H,22,23). The first kappa shape index (κ1) is 18.8. The molecule has 0 aliphatic carbocycles. The average molecular weight is 341 g/mol. The summed E-state index contributed by atoms with van der Waals surface area (Å²) < 4.78 is 10.8. The summed E-state index contributed by atoms with van der Waals surface area (Å²) in [5.74, 6) is 1.56. The van der Waals surface area contributed by atoms with Crippen molar-refractivity contribution in [2.45, 2.75) is 38.6 Å². The zero-order chi connectivity index (χ0) is 18.1. The lowest BCUT2D eigenvalue weighted by molar-refractivity contribution is -0.121. The van der Waals surface area contributed by atoms with E-state index in [1.807, 2.05) is 43.3 Å². The Morgan fingerprint density at radius 3 is 2.20 bits per heavy atom. The van der Waals surface area contributed by atoms with Crippen molar-refractivity contribution in [3.8, 4) is 11.5 Å². The predicted octanol–water partition coefficient (Wildman–Crippen LogP) is 3.77. The molecule has 2 rings (SSSR count). The number of amides is 1. The Balaban J connectivity index is 1.82. The molecule has 0 aromatic heterocycles.